The van der Waals surface area contributed by atoms with Crippen LogP contribution in [-0.2, 0) is 0 Å². The van der Waals surface area contributed by atoms with Gasteiger partial charge >= 0.3 is 0 Å². The van der Waals surface area contributed by atoms with Crippen molar-refractivity contribution in [3.05, 3.63) is 127 Å². The van der Waals surface area contributed by atoms with Crippen LogP contribution in [-0.4, -0.2) is 6.66 Å². The second-order valence-electron chi connectivity index (χ2n) is 7.76. The number of fused-ring (bicyclic) bond motifs is 1. The lowest BCUT2D eigenvalue weighted by Gasteiger charge is -2.25. The highest BCUT2D eigenvalue weighted by molar-refractivity contribution is 7.95. The highest BCUT2D eigenvalue weighted by atomic mass is 31.2. The van der Waals surface area contributed by atoms with E-state index in [1.54, 1.807) is 0 Å². The lowest BCUT2D eigenvalue weighted by atomic mass is 10.0. The molecule has 0 aliphatic heterocycles. The Bertz CT molecular complexity index is 1250. The van der Waals surface area contributed by atoms with E-state index in [1.165, 1.54) is 37.8 Å². The van der Waals surface area contributed by atoms with Crippen LogP contribution in [0.1, 0.15) is 0 Å². The molecule has 5 rings (SSSR count). The van der Waals surface area contributed by atoms with Crippen LogP contribution in [0.2, 0.25) is 0 Å². The van der Waals surface area contributed by atoms with Crippen molar-refractivity contribution in [3.63, 3.8) is 0 Å². The molecule has 0 aliphatic carbocycles. The Morgan fingerprint density at radius 1 is 0.467 bits per heavy atom. The standard InChI is InChI=1S/C29H24P/c1-30(26-14-4-2-5-15-26,27-16-6-3-7-17-27)29-19-11-10-18-28(29)25-21-20-23-12-8-9-13-24(23)22-25/h2-22H,1H3/q+1. The van der Waals surface area contributed by atoms with E-state index < -0.39 is 7.26 Å². The second-order valence-corrected chi connectivity index (χ2v) is 11.3. The molecule has 0 radical (unpaired) electrons. The minimum atomic E-state index is -1.79. The van der Waals surface area contributed by atoms with Crippen molar-refractivity contribution >= 4 is 33.9 Å². The van der Waals surface area contributed by atoms with Gasteiger partial charge in [-0.1, -0.05) is 91.0 Å². The number of rotatable bonds is 4. The zero-order valence-corrected chi connectivity index (χ0v) is 18.0. The average Bonchev–Trinajstić information content (AvgIpc) is 2.84. The van der Waals surface area contributed by atoms with E-state index >= 15 is 0 Å². The Hall–Kier alpha value is -3.21. The Balaban J connectivity index is 1.77. The van der Waals surface area contributed by atoms with E-state index in [4.69, 9.17) is 0 Å². The fourth-order valence-electron chi connectivity index (χ4n) is 4.34. The topological polar surface area (TPSA) is 0 Å². The van der Waals surface area contributed by atoms with Crippen LogP contribution in [0, 0.1) is 0 Å². The van der Waals surface area contributed by atoms with Gasteiger partial charge in [0.1, 0.15) is 23.2 Å². The maximum atomic E-state index is 2.46. The minimum absolute atomic E-state index is 1.28. The van der Waals surface area contributed by atoms with Crippen LogP contribution >= 0.6 is 7.26 Å². The molecule has 0 nitrogen and oxygen atoms in total. The molecule has 1 heteroatoms. The molecule has 0 saturated carbocycles. The third-order valence-electron chi connectivity index (χ3n) is 5.99. The summed E-state index contributed by atoms with van der Waals surface area (Å²) in [5.41, 5.74) is 2.61. The summed E-state index contributed by atoms with van der Waals surface area (Å²) in [5.74, 6) is 0. The quantitative estimate of drug-likeness (QED) is 0.303. The Labute approximate surface area is 179 Å². The van der Waals surface area contributed by atoms with Gasteiger partial charge in [-0.15, -0.1) is 0 Å². The molecule has 0 atom stereocenters. The third-order valence-corrected chi connectivity index (χ3v) is 10.0. The van der Waals surface area contributed by atoms with Crippen molar-refractivity contribution in [2.75, 3.05) is 6.66 Å². The molecule has 5 aromatic rings. The van der Waals surface area contributed by atoms with Gasteiger partial charge in [0.15, 0.2) is 0 Å². The first-order valence-corrected chi connectivity index (χ1v) is 12.6. The van der Waals surface area contributed by atoms with Gasteiger partial charge in [0.25, 0.3) is 0 Å². The smallest absolute Gasteiger partial charge is 0.0620 e. The van der Waals surface area contributed by atoms with E-state index in [-0.39, 0.29) is 0 Å². The minimum Gasteiger partial charge on any atom is -0.0620 e. The summed E-state index contributed by atoms with van der Waals surface area (Å²) in [6.45, 7) is 2.46. The van der Waals surface area contributed by atoms with Crippen LogP contribution in [0.15, 0.2) is 127 Å². The monoisotopic (exact) mass is 403 g/mol. The largest absolute Gasteiger partial charge is 0.112 e. The van der Waals surface area contributed by atoms with Crippen LogP contribution < -0.4 is 15.9 Å². The van der Waals surface area contributed by atoms with Crippen molar-refractivity contribution < 1.29 is 0 Å². The highest BCUT2D eigenvalue weighted by Crippen LogP contribution is 2.53. The van der Waals surface area contributed by atoms with Crippen molar-refractivity contribution in [2.24, 2.45) is 0 Å². The Morgan fingerprint density at radius 3 is 1.67 bits per heavy atom. The molecule has 144 valence electrons. The van der Waals surface area contributed by atoms with Gasteiger partial charge in [-0.25, -0.2) is 0 Å². The normalized spacial score (nSPS) is 11.5. The average molecular weight is 403 g/mol. The summed E-state index contributed by atoms with van der Waals surface area (Å²) in [5, 5.41) is 6.80. The van der Waals surface area contributed by atoms with E-state index in [0.717, 1.165) is 0 Å². The first-order valence-electron chi connectivity index (χ1n) is 10.3. The molecule has 0 amide bonds. The number of hydrogen-bond acceptors (Lipinski definition) is 0. The Kier molecular flexibility index (Phi) is 4.95. The fourth-order valence-corrected chi connectivity index (χ4v) is 7.81. The third kappa shape index (κ3) is 3.24. The fraction of sp³-hybridized carbons (Fsp3) is 0.0345. The van der Waals surface area contributed by atoms with Crippen molar-refractivity contribution in [3.8, 4) is 11.1 Å². The van der Waals surface area contributed by atoms with E-state index in [2.05, 4.69) is 134 Å². The van der Waals surface area contributed by atoms with Crippen LogP contribution in [0.25, 0.3) is 21.9 Å². The van der Waals surface area contributed by atoms with Gasteiger partial charge in [0.05, 0.1) is 6.66 Å². The molecule has 0 unspecified atom stereocenters. The summed E-state index contributed by atoms with van der Waals surface area (Å²) < 4.78 is 0. The molecule has 30 heavy (non-hydrogen) atoms. The summed E-state index contributed by atoms with van der Waals surface area (Å²) in [6, 6.07) is 46.4. The van der Waals surface area contributed by atoms with E-state index in [0.29, 0.717) is 0 Å². The maximum Gasteiger partial charge on any atom is 0.112 e. The second kappa shape index (κ2) is 7.90. The zero-order valence-electron chi connectivity index (χ0n) is 17.1. The van der Waals surface area contributed by atoms with E-state index in [1.807, 2.05) is 0 Å². The summed E-state index contributed by atoms with van der Waals surface area (Å²) in [6.07, 6.45) is 0. The maximum absolute atomic E-state index is 2.46. The van der Waals surface area contributed by atoms with Gasteiger partial charge in [0, 0.05) is 5.56 Å². The van der Waals surface area contributed by atoms with Crippen LogP contribution in [0.4, 0.5) is 0 Å². The first-order chi connectivity index (χ1) is 14.8. The highest BCUT2D eigenvalue weighted by Gasteiger charge is 2.41. The summed E-state index contributed by atoms with van der Waals surface area (Å²) in [4.78, 5) is 0. The van der Waals surface area contributed by atoms with Crippen molar-refractivity contribution in [1.82, 2.24) is 0 Å². The van der Waals surface area contributed by atoms with Crippen LogP contribution in [0.3, 0.4) is 0 Å². The predicted molar refractivity (Wildman–Crippen MR) is 134 cm³/mol. The molecule has 0 aromatic heterocycles. The van der Waals surface area contributed by atoms with Gasteiger partial charge in [-0.2, -0.15) is 0 Å². The lowest BCUT2D eigenvalue weighted by Crippen LogP contribution is -2.31. The van der Waals surface area contributed by atoms with Gasteiger partial charge in [-0.3, -0.25) is 0 Å². The molecular weight excluding hydrogens is 379 g/mol. The summed E-state index contributed by atoms with van der Waals surface area (Å²) in [7, 11) is -1.79. The predicted octanol–water partition coefficient (Wildman–Crippen LogP) is 6.43. The Morgan fingerprint density at radius 2 is 1.00 bits per heavy atom. The zero-order chi connectivity index (χ0) is 20.4. The molecule has 0 saturated heterocycles. The first kappa shape index (κ1) is 18.8. The molecule has 0 N–H and O–H groups in total. The van der Waals surface area contributed by atoms with Crippen LogP contribution in [0.5, 0.6) is 0 Å². The molecule has 0 spiro atoms. The van der Waals surface area contributed by atoms with Gasteiger partial charge in [-0.05, 0) is 52.7 Å². The lowest BCUT2D eigenvalue weighted by molar-refractivity contribution is 1.66. The molecule has 0 aliphatic rings. The van der Waals surface area contributed by atoms with Gasteiger partial charge in [0.2, 0.25) is 0 Å². The molecule has 0 heterocycles. The summed E-state index contributed by atoms with van der Waals surface area (Å²) >= 11 is 0. The number of hydrogen-bond donors (Lipinski definition) is 0. The van der Waals surface area contributed by atoms with Crippen molar-refractivity contribution in [1.29, 1.82) is 0 Å². The molecule has 5 aromatic carbocycles. The molecular formula is C29H24P+. The number of benzene rings is 5. The van der Waals surface area contributed by atoms with E-state index in [9.17, 15) is 0 Å². The molecule has 0 fully saturated rings. The molecule has 0 bridgehead atoms. The van der Waals surface area contributed by atoms with Crippen molar-refractivity contribution in [2.45, 2.75) is 0 Å². The van der Waals surface area contributed by atoms with Gasteiger partial charge < -0.3 is 0 Å². The SMILES string of the molecule is C[P+](c1ccccc1)(c1ccccc1)c1ccccc1-c1ccc2ccccc2c1.